The van der Waals surface area contributed by atoms with Gasteiger partial charge in [0.2, 0.25) is 23.8 Å². The molecule has 0 spiro atoms. The minimum atomic E-state index is -1.82. The van der Waals surface area contributed by atoms with E-state index in [9.17, 15) is 50.8 Å². The number of aliphatic hydroxyl groups is 6. The number of phenols is 2. The summed E-state index contributed by atoms with van der Waals surface area (Å²) >= 11 is 0. The number of phenolic OH excluding ortho intramolecular Hbond substituents is 2. The second-order valence-corrected chi connectivity index (χ2v) is 10.2. The zero-order valence-corrected chi connectivity index (χ0v) is 22.1. The number of rotatable bonds is 5. The molecule has 1 aromatic heterocycles. The quantitative estimate of drug-likeness (QED) is 0.165. The van der Waals surface area contributed by atoms with Crippen molar-refractivity contribution in [3.8, 4) is 40.1 Å². The zero-order valence-electron chi connectivity index (χ0n) is 22.1. The van der Waals surface area contributed by atoms with Gasteiger partial charge in [0.15, 0.2) is 5.76 Å². The molecule has 2 aliphatic rings. The van der Waals surface area contributed by atoms with E-state index in [0.717, 1.165) is 24.3 Å². The van der Waals surface area contributed by atoms with Gasteiger partial charge >= 0.3 is 0 Å². The van der Waals surface area contributed by atoms with E-state index in [1.54, 1.807) is 0 Å². The van der Waals surface area contributed by atoms with Gasteiger partial charge in [-0.15, -0.1) is 0 Å². The molecule has 0 radical (unpaired) electrons. The molecule has 0 aliphatic carbocycles. The maximum absolute atomic E-state index is 13.7. The van der Waals surface area contributed by atoms with Gasteiger partial charge in [-0.2, -0.15) is 0 Å². The second-order valence-electron chi connectivity index (χ2n) is 10.2. The first-order valence-corrected chi connectivity index (χ1v) is 12.8. The summed E-state index contributed by atoms with van der Waals surface area (Å²) in [5.74, 6) is -3.32. The summed E-state index contributed by atoms with van der Waals surface area (Å²) in [4.78, 5) is 13.7. The molecule has 3 aromatic rings. The summed E-state index contributed by atoms with van der Waals surface area (Å²) in [6, 6.07) is 5.33. The number of aromatic hydroxyl groups is 2. The van der Waals surface area contributed by atoms with E-state index in [4.69, 9.17) is 23.4 Å². The number of hydrogen-bond acceptors (Lipinski definition) is 15. The second kappa shape index (κ2) is 11.2. The Labute approximate surface area is 236 Å². The Bertz CT molecular complexity index is 1520. The molecule has 8 N–H and O–H groups in total. The van der Waals surface area contributed by atoms with Crippen LogP contribution < -0.4 is 20.0 Å². The summed E-state index contributed by atoms with van der Waals surface area (Å²) in [5.41, 5.74) is -1.33. The van der Waals surface area contributed by atoms with Crippen LogP contribution in [0.25, 0.3) is 22.3 Å². The Morgan fingerprint density at radius 2 is 1.31 bits per heavy atom. The molecule has 228 valence electrons. The van der Waals surface area contributed by atoms with Crippen molar-refractivity contribution in [2.75, 3.05) is 0 Å². The molecule has 2 fully saturated rings. The summed E-state index contributed by atoms with van der Waals surface area (Å²) in [6.45, 7) is 2.84. The summed E-state index contributed by atoms with van der Waals surface area (Å²) in [5, 5.41) is 93.1. The summed E-state index contributed by atoms with van der Waals surface area (Å²) in [6.07, 6.45) is -14.8. The normalized spacial score (nSPS) is 33.4. The Hall–Kier alpha value is -3.67. The number of benzene rings is 2. The molecule has 10 atom stereocenters. The summed E-state index contributed by atoms with van der Waals surface area (Å²) < 4.78 is 28.0. The standard InChI is InChI=1S/C27H30O15/c1-8-17(31)20(34)22(36)26(38-8)40-11-6-14(30)16-15(7-11)41-24(10-3-4-12(28)13(29)5-10)25(19(16)33)42-27-23(37)21(35)18(32)9(2)39-27/h3-9,17-18,20-23,26-32,34-37H,1-2H3/p-1/t8-,9-,17-,18-,20+,21+,22+,23+,26+,27+/m0/s1. The predicted octanol–water partition coefficient (Wildman–Crippen LogP) is -1.64. The van der Waals surface area contributed by atoms with E-state index in [0.29, 0.717) is 0 Å². The van der Waals surface area contributed by atoms with Gasteiger partial charge in [-0.1, -0.05) is 17.9 Å². The van der Waals surface area contributed by atoms with Gasteiger partial charge in [-0.05, 0) is 19.9 Å². The zero-order chi connectivity index (χ0) is 30.6. The third-order valence-corrected chi connectivity index (χ3v) is 7.23. The van der Waals surface area contributed by atoms with Gasteiger partial charge in [-0.25, -0.2) is 0 Å². The highest BCUT2D eigenvalue weighted by molar-refractivity contribution is 5.88. The van der Waals surface area contributed by atoms with Crippen molar-refractivity contribution in [3.05, 3.63) is 40.6 Å². The van der Waals surface area contributed by atoms with Crippen molar-refractivity contribution in [2.45, 2.75) is 75.3 Å². The van der Waals surface area contributed by atoms with E-state index >= 15 is 0 Å². The molecule has 3 heterocycles. The maximum Gasteiger partial charge on any atom is 0.239 e. The highest BCUT2D eigenvalue weighted by Gasteiger charge is 2.45. The fourth-order valence-electron chi connectivity index (χ4n) is 4.75. The smallest absolute Gasteiger partial charge is 0.239 e. The van der Waals surface area contributed by atoms with Gasteiger partial charge in [0.25, 0.3) is 0 Å². The fraction of sp³-hybridized carbons (Fsp3) is 0.444. The third-order valence-electron chi connectivity index (χ3n) is 7.23. The van der Waals surface area contributed by atoms with Crippen LogP contribution in [0.15, 0.2) is 39.5 Å². The van der Waals surface area contributed by atoms with Crippen molar-refractivity contribution in [1.82, 2.24) is 0 Å². The Morgan fingerprint density at radius 1 is 0.738 bits per heavy atom. The number of aliphatic hydroxyl groups excluding tert-OH is 6. The molecular weight excluding hydrogens is 564 g/mol. The van der Waals surface area contributed by atoms with E-state index in [1.807, 2.05) is 0 Å². The molecule has 0 saturated carbocycles. The fourth-order valence-corrected chi connectivity index (χ4v) is 4.75. The Morgan fingerprint density at radius 3 is 1.88 bits per heavy atom. The molecule has 42 heavy (non-hydrogen) atoms. The lowest BCUT2D eigenvalue weighted by molar-refractivity contribution is -0.270. The first kappa shape index (κ1) is 29.8. The van der Waals surface area contributed by atoms with Gasteiger partial charge in [-0.3, -0.25) is 4.79 Å². The Balaban J connectivity index is 1.61. The SMILES string of the molecule is C[C@@H]1O[C@H](Oc2cc(O)c3c(=O)c(O[C@H]4O[C@@H](C)[C@H](O)[C@@H](O)[C@H]4O)c(-c4ccc([O-])c(O)c4)oc3c2)[C@H](O)[C@H](O)[C@H]1O. The molecule has 15 heteroatoms. The molecule has 0 amide bonds. The predicted molar refractivity (Wildman–Crippen MR) is 137 cm³/mol. The molecule has 0 bridgehead atoms. The average molecular weight is 594 g/mol. The topological polar surface area (TPSA) is 252 Å². The largest absolute Gasteiger partial charge is 0.870 e. The van der Waals surface area contributed by atoms with Gasteiger partial charge in [0, 0.05) is 17.7 Å². The maximum atomic E-state index is 13.7. The van der Waals surface area contributed by atoms with E-state index in [-0.39, 0.29) is 22.7 Å². The van der Waals surface area contributed by atoms with Gasteiger partial charge < -0.3 is 69.3 Å². The van der Waals surface area contributed by atoms with Crippen molar-refractivity contribution in [2.24, 2.45) is 0 Å². The molecule has 0 unspecified atom stereocenters. The van der Waals surface area contributed by atoms with Crippen LogP contribution >= 0.6 is 0 Å². The Kier molecular flexibility index (Phi) is 7.95. The van der Waals surface area contributed by atoms with Crippen LogP contribution in [0, 0.1) is 0 Å². The van der Waals surface area contributed by atoms with Crippen LogP contribution in [0.5, 0.6) is 28.7 Å². The highest BCUT2D eigenvalue weighted by atomic mass is 16.7. The number of fused-ring (bicyclic) bond motifs is 1. The van der Waals surface area contributed by atoms with E-state index in [2.05, 4.69) is 0 Å². The van der Waals surface area contributed by atoms with Crippen LogP contribution in [0.3, 0.4) is 0 Å². The number of hydrogen-bond donors (Lipinski definition) is 8. The van der Waals surface area contributed by atoms with Crippen LogP contribution in [0.2, 0.25) is 0 Å². The van der Waals surface area contributed by atoms with Crippen molar-refractivity contribution in [3.63, 3.8) is 0 Å². The van der Waals surface area contributed by atoms with Crippen molar-refractivity contribution < 1.29 is 69.3 Å². The van der Waals surface area contributed by atoms with Gasteiger partial charge in [0.1, 0.15) is 64.8 Å². The molecule has 2 aliphatic heterocycles. The van der Waals surface area contributed by atoms with Crippen LogP contribution in [0.4, 0.5) is 0 Å². The lowest BCUT2D eigenvalue weighted by Crippen LogP contribution is -2.58. The highest BCUT2D eigenvalue weighted by Crippen LogP contribution is 2.39. The van der Waals surface area contributed by atoms with E-state index in [1.165, 1.54) is 19.9 Å². The molecule has 2 aromatic carbocycles. The minimum Gasteiger partial charge on any atom is -0.870 e. The number of ether oxygens (including phenoxy) is 4. The van der Waals surface area contributed by atoms with E-state index < -0.39 is 95.2 Å². The van der Waals surface area contributed by atoms with Crippen molar-refractivity contribution in [1.29, 1.82) is 0 Å². The first-order valence-electron chi connectivity index (χ1n) is 12.8. The first-order chi connectivity index (χ1) is 19.8. The van der Waals surface area contributed by atoms with Crippen LogP contribution in [-0.2, 0) is 9.47 Å². The van der Waals surface area contributed by atoms with Gasteiger partial charge in [0.05, 0.1) is 12.2 Å². The average Bonchev–Trinajstić information content (AvgIpc) is 2.94. The third kappa shape index (κ3) is 5.21. The molecule has 2 saturated heterocycles. The molecular formula is C27H29O15-. The van der Waals surface area contributed by atoms with Crippen molar-refractivity contribution >= 4 is 11.0 Å². The van der Waals surface area contributed by atoms with Crippen LogP contribution in [-0.4, -0.2) is 102 Å². The lowest BCUT2D eigenvalue weighted by Gasteiger charge is -2.39. The lowest BCUT2D eigenvalue weighted by atomic mass is 10.00. The minimum absolute atomic E-state index is 0.0391. The molecule has 15 nitrogen and oxygen atoms in total. The van der Waals surface area contributed by atoms with Crippen LogP contribution in [0.1, 0.15) is 13.8 Å². The molecule has 5 rings (SSSR count). The monoisotopic (exact) mass is 593 g/mol. The summed E-state index contributed by atoms with van der Waals surface area (Å²) in [7, 11) is 0.